The maximum atomic E-state index is 13.1. The number of aryl methyl sites for hydroxylation is 1. The van der Waals surface area contributed by atoms with Crippen LogP contribution in [0.2, 0.25) is 0 Å². The Bertz CT molecular complexity index is 790. The van der Waals surface area contributed by atoms with E-state index in [2.05, 4.69) is 15.2 Å². The molecule has 0 aromatic carbocycles. The highest BCUT2D eigenvalue weighted by Gasteiger charge is 2.30. The van der Waals surface area contributed by atoms with Gasteiger partial charge in [-0.05, 0) is 58.5 Å². The number of rotatable bonds is 5. The van der Waals surface area contributed by atoms with Crippen LogP contribution in [0.5, 0.6) is 0 Å². The molecule has 0 radical (unpaired) electrons. The van der Waals surface area contributed by atoms with Gasteiger partial charge in [0.05, 0.1) is 11.8 Å². The van der Waals surface area contributed by atoms with Gasteiger partial charge < -0.3 is 14.3 Å². The van der Waals surface area contributed by atoms with Gasteiger partial charge in [-0.2, -0.15) is 5.10 Å². The summed E-state index contributed by atoms with van der Waals surface area (Å²) < 4.78 is 7.26. The first-order valence-corrected chi connectivity index (χ1v) is 10.1. The van der Waals surface area contributed by atoms with Crippen LogP contribution in [0.1, 0.15) is 54.7 Å². The van der Waals surface area contributed by atoms with Gasteiger partial charge in [0.15, 0.2) is 11.5 Å². The molecule has 0 aliphatic carbocycles. The van der Waals surface area contributed by atoms with Gasteiger partial charge in [0.25, 0.3) is 5.91 Å². The summed E-state index contributed by atoms with van der Waals surface area (Å²) in [7, 11) is 1.89. The van der Waals surface area contributed by atoms with Crippen LogP contribution in [-0.4, -0.2) is 62.9 Å². The Morgan fingerprint density at radius 3 is 2.74 bits per heavy atom. The number of hydrogen-bond acceptors (Lipinski definition) is 5. The first-order chi connectivity index (χ1) is 13.1. The fraction of sp³-hybridized carbons (Fsp3) is 0.650. The molecule has 2 aliphatic heterocycles. The van der Waals surface area contributed by atoms with Gasteiger partial charge in [-0.15, -0.1) is 0 Å². The van der Waals surface area contributed by atoms with Crippen LogP contribution in [0.25, 0.3) is 11.3 Å². The van der Waals surface area contributed by atoms with E-state index >= 15 is 0 Å². The van der Waals surface area contributed by atoms with Crippen molar-refractivity contribution in [2.75, 3.05) is 26.2 Å². The van der Waals surface area contributed by atoms with Crippen LogP contribution in [0.15, 0.2) is 16.8 Å². The second-order valence-electron chi connectivity index (χ2n) is 7.83. The zero-order valence-corrected chi connectivity index (χ0v) is 16.4. The minimum absolute atomic E-state index is 0.00216. The van der Waals surface area contributed by atoms with Gasteiger partial charge in [0, 0.05) is 37.9 Å². The van der Waals surface area contributed by atoms with Gasteiger partial charge in [-0.25, -0.2) is 0 Å². The van der Waals surface area contributed by atoms with Crippen molar-refractivity contribution >= 4 is 5.91 Å². The second kappa shape index (κ2) is 7.84. The molecule has 0 saturated carbocycles. The maximum Gasteiger partial charge on any atom is 0.276 e. The van der Waals surface area contributed by atoms with E-state index in [0.717, 1.165) is 43.6 Å². The average molecular weight is 371 g/mol. The topological polar surface area (TPSA) is 67.4 Å². The lowest BCUT2D eigenvalue weighted by molar-refractivity contribution is 0.0577. The number of likely N-dealkylation sites (tertiary alicyclic amines) is 2. The predicted octanol–water partition coefficient (Wildman–Crippen LogP) is 2.86. The van der Waals surface area contributed by atoms with Gasteiger partial charge in [-0.3, -0.25) is 9.48 Å². The Kier molecular flexibility index (Phi) is 5.29. The SMILES string of the molecule is Cc1c(-c2cc(C(=O)N3CCCC[C@H]3CCN3CCCC3)no2)cnn1C. The van der Waals surface area contributed by atoms with Crippen LogP contribution in [0.3, 0.4) is 0 Å². The highest BCUT2D eigenvalue weighted by Crippen LogP contribution is 2.26. The van der Waals surface area contributed by atoms with Crippen LogP contribution >= 0.6 is 0 Å². The lowest BCUT2D eigenvalue weighted by atomic mass is 9.98. The highest BCUT2D eigenvalue weighted by molar-refractivity contribution is 5.93. The smallest absolute Gasteiger partial charge is 0.276 e. The standard InChI is InChI=1S/C20H29N5O2/c1-15-17(14-21-23(15)2)19-13-18(22-27-19)20(26)25-11-4-3-7-16(25)8-12-24-9-5-6-10-24/h13-14,16H,3-12H2,1-2H3/t16-/m0/s1. The summed E-state index contributed by atoms with van der Waals surface area (Å²) in [6.45, 7) is 6.30. The minimum atomic E-state index is -0.00216. The third-order valence-electron chi connectivity index (χ3n) is 6.10. The van der Waals surface area contributed by atoms with Crippen molar-refractivity contribution in [2.24, 2.45) is 7.05 Å². The normalized spacial score (nSPS) is 21.1. The van der Waals surface area contributed by atoms with E-state index in [9.17, 15) is 4.79 Å². The number of piperidine rings is 1. The van der Waals surface area contributed by atoms with Crippen molar-refractivity contribution in [1.82, 2.24) is 24.7 Å². The monoisotopic (exact) mass is 371 g/mol. The summed E-state index contributed by atoms with van der Waals surface area (Å²) in [4.78, 5) is 17.7. The van der Waals surface area contributed by atoms with Gasteiger partial charge >= 0.3 is 0 Å². The number of amides is 1. The summed E-state index contributed by atoms with van der Waals surface area (Å²) in [6, 6.07) is 2.07. The Hall–Kier alpha value is -2.15. The number of nitrogens with zero attached hydrogens (tertiary/aromatic N) is 5. The van der Waals surface area contributed by atoms with Crippen molar-refractivity contribution in [1.29, 1.82) is 0 Å². The Morgan fingerprint density at radius 1 is 1.22 bits per heavy atom. The Labute approximate surface area is 160 Å². The van der Waals surface area contributed by atoms with Crippen LogP contribution in [-0.2, 0) is 7.05 Å². The molecule has 2 aromatic rings. The lowest BCUT2D eigenvalue weighted by Crippen LogP contribution is -2.45. The largest absolute Gasteiger partial charge is 0.355 e. The van der Waals surface area contributed by atoms with E-state index in [0.29, 0.717) is 17.5 Å². The van der Waals surface area contributed by atoms with E-state index in [1.54, 1.807) is 16.9 Å². The van der Waals surface area contributed by atoms with Crippen molar-refractivity contribution in [3.63, 3.8) is 0 Å². The molecule has 2 aromatic heterocycles. The minimum Gasteiger partial charge on any atom is -0.355 e. The van der Waals surface area contributed by atoms with Gasteiger partial charge in [0.2, 0.25) is 0 Å². The van der Waals surface area contributed by atoms with Crippen molar-refractivity contribution in [3.8, 4) is 11.3 Å². The molecule has 1 amide bonds. The van der Waals surface area contributed by atoms with Crippen LogP contribution < -0.4 is 0 Å². The number of carbonyl (C=O) groups excluding carboxylic acids is 1. The lowest BCUT2D eigenvalue weighted by Gasteiger charge is -2.36. The summed E-state index contributed by atoms with van der Waals surface area (Å²) in [5.74, 6) is 0.604. The zero-order chi connectivity index (χ0) is 18.8. The molecule has 4 heterocycles. The van der Waals surface area contributed by atoms with Gasteiger partial charge in [-0.1, -0.05) is 5.16 Å². The molecule has 0 bridgehead atoms. The molecule has 0 unspecified atom stereocenters. The molecule has 2 aliphatic rings. The molecule has 27 heavy (non-hydrogen) atoms. The molecule has 0 spiro atoms. The Balaban J connectivity index is 1.46. The molecule has 2 fully saturated rings. The molecule has 7 nitrogen and oxygen atoms in total. The Morgan fingerprint density at radius 2 is 2.00 bits per heavy atom. The van der Waals surface area contributed by atoms with Gasteiger partial charge in [0.1, 0.15) is 0 Å². The number of carbonyl (C=O) groups is 1. The van der Waals surface area contributed by atoms with Crippen molar-refractivity contribution in [2.45, 2.75) is 51.5 Å². The van der Waals surface area contributed by atoms with Crippen molar-refractivity contribution < 1.29 is 9.32 Å². The summed E-state index contributed by atoms with van der Waals surface area (Å²) in [6.07, 6.45) is 8.78. The zero-order valence-electron chi connectivity index (χ0n) is 16.4. The first-order valence-electron chi connectivity index (χ1n) is 10.1. The predicted molar refractivity (Wildman–Crippen MR) is 102 cm³/mol. The second-order valence-corrected chi connectivity index (χ2v) is 7.83. The quantitative estimate of drug-likeness (QED) is 0.808. The number of aromatic nitrogens is 3. The third kappa shape index (κ3) is 3.78. The molecule has 4 rings (SSSR count). The molecular weight excluding hydrogens is 342 g/mol. The fourth-order valence-corrected chi connectivity index (χ4v) is 4.30. The van der Waals surface area contributed by atoms with Crippen LogP contribution in [0, 0.1) is 6.92 Å². The van der Waals surface area contributed by atoms with Crippen molar-refractivity contribution in [3.05, 3.63) is 23.7 Å². The fourth-order valence-electron chi connectivity index (χ4n) is 4.30. The highest BCUT2D eigenvalue weighted by atomic mass is 16.5. The average Bonchev–Trinajstić information content (AvgIpc) is 3.43. The third-order valence-corrected chi connectivity index (χ3v) is 6.10. The first kappa shape index (κ1) is 18.2. The van der Waals surface area contributed by atoms with E-state index < -0.39 is 0 Å². The molecule has 1 atom stereocenters. The van der Waals surface area contributed by atoms with E-state index in [1.165, 1.54) is 32.4 Å². The molecule has 0 N–H and O–H groups in total. The summed E-state index contributed by atoms with van der Waals surface area (Å²) in [5, 5.41) is 8.32. The number of hydrogen-bond donors (Lipinski definition) is 0. The van der Waals surface area contributed by atoms with E-state index in [1.807, 2.05) is 18.9 Å². The molecule has 7 heteroatoms. The summed E-state index contributed by atoms with van der Waals surface area (Å²) in [5.41, 5.74) is 2.28. The molecule has 2 saturated heterocycles. The molecular formula is C20H29N5O2. The van der Waals surface area contributed by atoms with E-state index in [4.69, 9.17) is 4.52 Å². The van der Waals surface area contributed by atoms with E-state index in [-0.39, 0.29) is 5.91 Å². The maximum absolute atomic E-state index is 13.1. The molecule has 146 valence electrons. The summed E-state index contributed by atoms with van der Waals surface area (Å²) >= 11 is 0. The van der Waals surface area contributed by atoms with Crippen LogP contribution in [0.4, 0.5) is 0 Å².